The summed E-state index contributed by atoms with van der Waals surface area (Å²) in [4.78, 5) is 12.3. The van der Waals surface area contributed by atoms with Gasteiger partial charge in [0.25, 0.3) is 5.91 Å². The molecule has 2 unspecified atom stereocenters. The van der Waals surface area contributed by atoms with Gasteiger partial charge >= 0.3 is 0 Å². The molecule has 0 radical (unpaired) electrons. The van der Waals surface area contributed by atoms with Crippen LogP contribution in [0.2, 0.25) is 0 Å². The Hall–Kier alpha value is -1.02. The summed E-state index contributed by atoms with van der Waals surface area (Å²) in [6, 6.07) is 7.85. The third kappa shape index (κ3) is 4.87. The van der Waals surface area contributed by atoms with Gasteiger partial charge in [-0.15, -0.1) is 11.6 Å². The van der Waals surface area contributed by atoms with E-state index in [2.05, 4.69) is 26.1 Å². The summed E-state index contributed by atoms with van der Waals surface area (Å²) >= 11 is 5.95. The number of halogens is 1. The molecule has 0 heterocycles. The SMILES string of the molecule is CC(Cl)CC(C)NC(=O)c1ccccc1C(C)(C)C. The second-order valence-electron chi connectivity index (χ2n) is 6.19. The van der Waals surface area contributed by atoms with Crippen molar-refractivity contribution in [1.29, 1.82) is 0 Å². The molecule has 1 aromatic carbocycles. The molecule has 0 aromatic heterocycles. The Morgan fingerprint density at radius 1 is 1.26 bits per heavy atom. The van der Waals surface area contributed by atoms with E-state index < -0.39 is 0 Å². The van der Waals surface area contributed by atoms with Crippen molar-refractivity contribution >= 4 is 17.5 Å². The van der Waals surface area contributed by atoms with Gasteiger partial charge in [0.05, 0.1) is 0 Å². The minimum absolute atomic E-state index is 0.0182. The van der Waals surface area contributed by atoms with E-state index in [4.69, 9.17) is 11.6 Å². The number of carbonyl (C=O) groups excluding carboxylic acids is 1. The van der Waals surface area contributed by atoms with E-state index in [0.717, 1.165) is 17.5 Å². The Bertz CT molecular complexity index is 435. The minimum Gasteiger partial charge on any atom is -0.350 e. The largest absolute Gasteiger partial charge is 0.350 e. The van der Waals surface area contributed by atoms with E-state index >= 15 is 0 Å². The summed E-state index contributed by atoms with van der Waals surface area (Å²) in [5.74, 6) is -0.0182. The summed E-state index contributed by atoms with van der Waals surface area (Å²) in [5.41, 5.74) is 1.78. The van der Waals surface area contributed by atoms with Crippen LogP contribution in [0.3, 0.4) is 0 Å². The second kappa shape index (κ2) is 6.42. The maximum absolute atomic E-state index is 12.3. The van der Waals surface area contributed by atoms with Gasteiger partial charge in [0, 0.05) is 17.0 Å². The van der Waals surface area contributed by atoms with Crippen LogP contribution in [0.15, 0.2) is 24.3 Å². The van der Waals surface area contributed by atoms with Gasteiger partial charge in [0.2, 0.25) is 0 Å². The number of hydrogen-bond acceptors (Lipinski definition) is 1. The fraction of sp³-hybridized carbons (Fsp3) is 0.562. The summed E-state index contributed by atoms with van der Waals surface area (Å²) in [7, 11) is 0. The van der Waals surface area contributed by atoms with Gasteiger partial charge in [-0.25, -0.2) is 0 Å². The Morgan fingerprint density at radius 3 is 2.37 bits per heavy atom. The molecule has 0 aliphatic carbocycles. The zero-order valence-electron chi connectivity index (χ0n) is 12.5. The molecule has 2 atom stereocenters. The van der Waals surface area contributed by atoms with Crippen LogP contribution in [0.25, 0.3) is 0 Å². The topological polar surface area (TPSA) is 29.1 Å². The zero-order valence-corrected chi connectivity index (χ0v) is 13.2. The van der Waals surface area contributed by atoms with Crippen molar-refractivity contribution in [3.63, 3.8) is 0 Å². The smallest absolute Gasteiger partial charge is 0.251 e. The molecule has 0 saturated heterocycles. The highest BCUT2D eigenvalue weighted by Crippen LogP contribution is 2.25. The van der Waals surface area contributed by atoms with Crippen LogP contribution in [0, 0.1) is 0 Å². The number of benzene rings is 1. The molecule has 0 bridgehead atoms. The van der Waals surface area contributed by atoms with Crippen molar-refractivity contribution in [2.75, 3.05) is 0 Å². The van der Waals surface area contributed by atoms with E-state index in [1.54, 1.807) is 0 Å². The van der Waals surface area contributed by atoms with Gasteiger partial charge in [0.15, 0.2) is 0 Å². The molecule has 0 spiro atoms. The molecule has 0 fully saturated rings. The van der Waals surface area contributed by atoms with E-state index in [1.807, 2.05) is 38.1 Å². The number of amides is 1. The number of hydrogen-bond donors (Lipinski definition) is 1. The van der Waals surface area contributed by atoms with Crippen molar-refractivity contribution in [3.8, 4) is 0 Å². The standard InChI is InChI=1S/C16H24ClNO/c1-11(17)10-12(2)18-15(19)13-8-6-7-9-14(13)16(3,4)5/h6-9,11-12H,10H2,1-5H3,(H,18,19). The third-order valence-electron chi connectivity index (χ3n) is 3.04. The van der Waals surface area contributed by atoms with Crippen LogP contribution in [0.4, 0.5) is 0 Å². The van der Waals surface area contributed by atoms with Crippen LogP contribution in [-0.4, -0.2) is 17.3 Å². The van der Waals surface area contributed by atoms with Gasteiger partial charge in [-0.3, -0.25) is 4.79 Å². The van der Waals surface area contributed by atoms with Gasteiger partial charge in [-0.1, -0.05) is 39.0 Å². The van der Waals surface area contributed by atoms with Crippen LogP contribution >= 0.6 is 11.6 Å². The molecule has 106 valence electrons. The third-order valence-corrected chi connectivity index (χ3v) is 3.21. The van der Waals surface area contributed by atoms with Crippen molar-refractivity contribution in [2.24, 2.45) is 0 Å². The maximum Gasteiger partial charge on any atom is 0.251 e. The average Bonchev–Trinajstić information content (AvgIpc) is 2.26. The molecule has 1 N–H and O–H groups in total. The van der Waals surface area contributed by atoms with Crippen LogP contribution in [-0.2, 0) is 5.41 Å². The molecule has 1 aromatic rings. The molecule has 0 aliphatic rings. The number of nitrogens with one attached hydrogen (secondary N) is 1. The van der Waals surface area contributed by atoms with Gasteiger partial charge < -0.3 is 5.32 Å². The first-order chi connectivity index (χ1) is 8.71. The van der Waals surface area contributed by atoms with E-state index in [9.17, 15) is 4.79 Å². The molecule has 0 aliphatic heterocycles. The fourth-order valence-corrected chi connectivity index (χ4v) is 2.45. The quantitative estimate of drug-likeness (QED) is 0.827. The predicted molar refractivity (Wildman–Crippen MR) is 82.0 cm³/mol. The summed E-state index contributed by atoms with van der Waals surface area (Å²) in [6.07, 6.45) is 0.769. The highest BCUT2D eigenvalue weighted by Gasteiger charge is 2.22. The van der Waals surface area contributed by atoms with E-state index in [0.29, 0.717) is 0 Å². The van der Waals surface area contributed by atoms with Crippen molar-refractivity contribution in [3.05, 3.63) is 35.4 Å². The number of alkyl halides is 1. The van der Waals surface area contributed by atoms with Gasteiger partial charge in [-0.2, -0.15) is 0 Å². The summed E-state index contributed by atoms with van der Waals surface area (Å²) in [6.45, 7) is 10.3. The normalized spacial score (nSPS) is 14.8. The predicted octanol–water partition coefficient (Wildman–Crippen LogP) is 4.12. The van der Waals surface area contributed by atoms with Crippen LogP contribution < -0.4 is 5.32 Å². The maximum atomic E-state index is 12.3. The number of rotatable bonds is 4. The molecule has 19 heavy (non-hydrogen) atoms. The Labute approximate surface area is 121 Å². The molecular formula is C16H24ClNO. The fourth-order valence-electron chi connectivity index (χ4n) is 2.18. The highest BCUT2D eigenvalue weighted by molar-refractivity contribution is 6.20. The van der Waals surface area contributed by atoms with Crippen LogP contribution in [0.1, 0.15) is 57.0 Å². The second-order valence-corrected chi connectivity index (χ2v) is 6.93. The monoisotopic (exact) mass is 281 g/mol. The zero-order chi connectivity index (χ0) is 14.6. The van der Waals surface area contributed by atoms with Gasteiger partial charge in [0.1, 0.15) is 0 Å². The lowest BCUT2D eigenvalue weighted by molar-refractivity contribution is 0.0936. The minimum atomic E-state index is -0.0447. The molecule has 3 heteroatoms. The first kappa shape index (κ1) is 16.0. The van der Waals surface area contributed by atoms with E-state index in [1.165, 1.54) is 0 Å². The Kier molecular flexibility index (Phi) is 5.42. The lowest BCUT2D eigenvalue weighted by Gasteiger charge is -2.23. The Morgan fingerprint density at radius 2 is 1.84 bits per heavy atom. The Balaban J connectivity index is 2.89. The molecule has 1 amide bonds. The summed E-state index contributed by atoms with van der Waals surface area (Å²) < 4.78 is 0. The molecule has 1 rings (SSSR count). The van der Waals surface area contributed by atoms with Gasteiger partial charge in [-0.05, 0) is 37.3 Å². The average molecular weight is 282 g/mol. The molecular weight excluding hydrogens is 258 g/mol. The molecule has 2 nitrogen and oxygen atoms in total. The summed E-state index contributed by atoms with van der Waals surface area (Å²) in [5, 5.41) is 3.08. The first-order valence-electron chi connectivity index (χ1n) is 6.76. The lowest BCUT2D eigenvalue weighted by atomic mass is 9.83. The van der Waals surface area contributed by atoms with Crippen molar-refractivity contribution in [2.45, 2.75) is 57.9 Å². The van der Waals surface area contributed by atoms with Crippen LogP contribution in [0.5, 0.6) is 0 Å². The van der Waals surface area contributed by atoms with Crippen molar-refractivity contribution < 1.29 is 4.79 Å². The van der Waals surface area contributed by atoms with E-state index in [-0.39, 0.29) is 22.7 Å². The number of carbonyl (C=O) groups is 1. The lowest BCUT2D eigenvalue weighted by Crippen LogP contribution is -2.35. The molecule has 0 saturated carbocycles. The highest BCUT2D eigenvalue weighted by atomic mass is 35.5. The van der Waals surface area contributed by atoms with Crippen molar-refractivity contribution in [1.82, 2.24) is 5.32 Å². The first-order valence-corrected chi connectivity index (χ1v) is 7.20.